The van der Waals surface area contributed by atoms with Crippen LogP contribution in [-0.4, -0.2) is 24.6 Å². The van der Waals surface area contributed by atoms with Crippen LogP contribution < -0.4 is 10.1 Å². The number of hydrogen-bond donors (Lipinski definition) is 1. The summed E-state index contributed by atoms with van der Waals surface area (Å²) in [5.74, 6) is 2.67. The van der Waals surface area contributed by atoms with Gasteiger partial charge in [0.15, 0.2) is 11.7 Å². The van der Waals surface area contributed by atoms with Crippen molar-refractivity contribution in [3.05, 3.63) is 66.2 Å². The fourth-order valence-electron chi connectivity index (χ4n) is 3.13. The highest BCUT2D eigenvalue weighted by atomic mass is 16.5. The highest BCUT2D eigenvalue weighted by Crippen LogP contribution is 2.29. The first-order valence-corrected chi connectivity index (χ1v) is 10.3. The molecule has 2 aromatic carbocycles. The molecular weight excluding hydrogens is 380 g/mol. The summed E-state index contributed by atoms with van der Waals surface area (Å²) in [6.07, 6.45) is 4.97. The Morgan fingerprint density at radius 2 is 2.03 bits per heavy atom. The number of ether oxygens (including phenoxy) is 2. The molecule has 1 amide bonds. The minimum Gasteiger partial charge on any atom is -0.497 e. The van der Waals surface area contributed by atoms with Crippen molar-refractivity contribution < 1.29 is 18.7 Å². The molecule has 6 heteroatoms. The molecule has 0 atom stereocenters. The average molecular weight is 406 g/mol. The number of methoxy groups -OCH3 is 1. The SMILES string of the molecule is COc1ccc(-c2cnc(CCC(=O)Nc3cccc(COCC4CC4)c3)o2)cc1. The van der Waals surface area contributed by atoms with Gasteiger partial charge in [-0.15, -0.1) is 0 Å². The number of amides is 1. The molecule has 3 aromatic rings. The van der Waals surface area contributed by atoms with E-state index in [1.54, 1.807) is 13.3 Å². The second kappa shape index (κ2) is 9.59. The summed E-state index contributed by atoms with van der Waals surface area (Å²) in [7, 11) is 1.63. The lowest BCUT2D eigenvalue weighted by Gasteiger charge is -2.08. The maximum Gasteiger partial charge on any atom is 0.224 e. The van der Waals surface area contributed by atoms with Gasteiger partial charge in [-0.3, -0.25) is 4.79 Å². The molecule has 30 heavy (non-hydrogen) atoms. The Hall–Kier alpha value is -3.12. The average Bonchev–Trinajstić information content (AvgIpc) is 3.47. The lowest BCUT2D eigenvalue weighted by molar-refractivity contribution is -0.116. The molecule has 4 rings (SSSR count). The van der Waals surface area contributed by atoms with E-state index in [1.165, 1.54) is 12.8 Å². The molecule has 6 nitrogen and oxygen atoms in total. The second-order valence-corrected chi connectivity index (χ2v) is 7.55. The molecule has 156 valence electrons. The molecule has 1 fully saturated rings. The van der Waals surface area contributed by atoms with E-state index in [4.69, 9.17) is 13.9 Å². The van der Waals surface area contributed by atoms with Crippen LogP contribution in [0.4, 0.5) is 5.69 Å². The minimum atomic E-state index is -0.0738. The molecule has 0 saturated heterocycles. The van der Waals surface area contributed by atoms with E-state index in [1.807, 2.05) is 48.5 Å². The standard InChI is InChI=1S/C24H26N2O4/c1-28-21-9-7-19(8-10-21)22-14-25-24(30-22)12-11-23(27)26-20-4-2-3-18(13-20)16-29-15-17-5-6-17/h2-4,7-10,13-14,17H,5-6,11-12,15-16H2,1H3,(H,26,27). The highest BCUT2D eigenvalue weighted by molar-refractivity contribution is 5.90. The van der Waals surface area contributed by atoms with Crippen LogP contribution in [0.1, 0.15) is 30.7 Å². The van der Waals surface area contributed by atoms with Gasteiger partial charge in [0.2, 0.25) is 5.91 Å². The first-order valence-electron chi connectivity index (χ1n) is 10.3. The third-order valence-corrected chi connectivity index (χ3v) is 5.02. The number of carbonyl (C=O) groups excluding carboxylic acids is 1. The lowest BCUT2D eigenvalue weighted by atomic mass is 10.2. The number of aromatic nitrogens is 1. The smallest absolute Gasteiger partial charge is 0.224 e. The van der Waals surface area contributed by atoms with Crippen molar-refractivity contribution in [2.24, 2.45) is 5.92 Å². The fourth-order valence-corrected chi connectivity index (χ4v) is 3.13. The Morgan fingerprint density at radius 1 is 1.20 bits per heavy atom. The zero-order chi connectivity index (χ0) is 20.8. The van der Waals surface area contributed by atoms with Crippen LogP contribution in [0.5, 0.6) is 5.75 Å². The van der Waals surface area contributed by atoms with E-state index in [2.05, 4.69) is 10.3 Å². The molecule has 1 heterocycles. The number of benzene rings is 2. The first kappa shape index (κ1) is 20.2. The number of anilines is 1. The van der Waals surface area contributed by atoms with Crippen LogP contribution in [0.15, 0.2) is 59.1 Å². The number of nitrogens with zero attached hydrogens (tertiary/aromatic N) is 1. The van der Waals surface area contributed by atoms with Gasteiger partial charge in [0.25, 0.3) is 0 Å². The van der Waals surface area contributed by atoms with Crippen molar-refractivity contribution in [2.45, 2.75) is 32.3 Å². The zero-order valence-corrected chi connectivity index (χ0v) is 17.1. The molecule has 1 aromatic heterocycles. The maximum absolute atomic E-state index is 12.3. The topological polar surface area (TPSA) is 73.6 Å². The van der Waals surface area contributed by atoms with Gasteiger partial charge in [-0.25, -0.2) is 4.98 Å². The Labute approximate surface area is 176 Å². The summed E-state index contributed by atoms with van der Waals surface area (Å²) in [4.78, 5) is 16.6. The summed E-state index contributed by atoms with van der Waals surface area (Å²) in [5.41, 5.74) is 2.75. The van der Waals surface area contributed by atoms with Gasteiger partial charge in [0, 0.05) is 30.7 Å². The Balaban J connectivity index is 1.26. The normalized spacial score (nSPS) is 13.2. The quantitative estimate of drug-likeness (QED) is 0.521. The lowest BCUT2D eigenvalue weighted by Crippen LogP contribution is -2.12. The van der Waals surface area contributed by atoms with E-state index in [9.17, 15) is 4.79 Å². The molecule has 1 aliphatic carbocycles. The number of oxazole rings is 1. The van der Waals surface area contributed by atoms with Gasteiger partial charge in [-0.2, -0.15) is 0 Å². The summed E-state index contributed by atoms with van der Waals surface area (Å²) in [6.45, 7) is 1.40. The molecule has 1 N–H and O–H groups in total. The first-order chi connectivity index (χ1) is 14.7. The maximum atomic E-state index is 12.3. The van der Waals surface area contributed by atoms with Crippen molar-refractivity contribution in [1.82, 2.24) is 4.98 Å². The number of aryl methyl sites for hydroxylation is 1. The minimum absolute atomic E-state index is 0.0738. The number of nitrogens with one attached hydrogen (secondary N) is 1. The van der Waals surface area contributed by atoms with Crippen LogP contribution in [0.2, 0.25) is 0 Å². The van der Waals surface area contributed by atoms with Crippen molar-refractivity contribution in [1.29, 1.82) is 0 Å². The predicted molar refractivity (Wildman–Crippen MR) is 114 cm³/mol. The number of carbonyl (C=O) groups is 1. The van der Waals surface area contributed by atoms with Crippen molar-refractivity contribution in [3.8, 4) is 17.1 Å². The van der Waals surface area contributed by atoms with Gasteiger partial charge in [-0.1, -0.05) is 12.1 Å². The van der Waals surface area contributed by atoms with E-state index in [-0.39, 0.29) is 5.91 Å². The van der Waals surface area contributed by atoms with Crippen LogP contribution in [0.25, 0.3) is 11.3 Å². The number of rotatable bonds is 10. The molecule has 0 bridgehead atoms. The predicted octanol–water partition coefficient (Wildman–Crippen LogP) is 4.85. The van der Waals surface area contributed by atoms with E-state index in [0.717, 1.165) is 35.1 Å². The molecular formula is C24H26N2O4. The van der Waals surface area contributed by atoms with Gasteiger partial charge < -0.3 is 19.2 Å². The molecule has 0 spiro atoms. The fraction of sp³-hybridized carbons (Fsp3) is 0.333. The summed E-state index contributed by atoms with van der Waals surface area (Å²) < 4.78 is 16.7. The van der Waals surface area contributed by atoms with Gasteiger partial charge in [-0.05, 0) is 60.7 Å². The second-order valence-electron chi connectivity index (χ2n) is 7.55. The van der Waals surface area contributed by atoms with Gasteiger partial charge in [0.05, 0.1) is 19.9 Å². The van der Waals surface area contributed by atoms with E-state index >= 15 is 0 Å². The molecule has 1 saturated carbocycles. The number of hydrogen-bond acceptors (Lipinski definition) is 5. The van der Waals surface area contributed by atoms with Gasteiger partial charge in [0.1, 0.15) is 5.75 Å². The van der Waals surface area contributed by atoms with E-state index < -0.39 is 0 Å². The molecule has 1 aliphatic rings. The van der Waals surface area contributed by atoms with Crippen molar-refractivity contribution in [2.75, 3.05) is 19.0 Å². The summed E-state index contributed by atoms with van der Waals surface area (Å²) in [6, 6.07) is 15.4. The van der Waals surface area contributed by atoms with Gasteiger partial charge >= 0.3 is 0 Å². The van der Waals surface area contributed by atoms with E-state index in [0.29, 0.717) is 31.1 Å². The van der Waals surface area contributed by atoms with Crippen LogP contribution >= 0.6 is 0 Å². The van der Waals surface area contributed by atoms with Crippen molar-refractivity contribution >= 4 is 11.6 Å². The molecule has 0 unspecified atom stereocenters. The third-order valence-electron chi connectivity index (χ3n) is 5.02. The Bertz CT molecular complexity index is 977. The Kier molecular flexibility index (Phi) is 6.44. The van der Waals surface area contributed by atoms with Crippen molar-refractivity contribution in [3.63, 3.8) is 0 Å². The summed E-state index contributed by atoms with van der Waals surface area (Å²) in [5, 5.41) is 2.94. The molecule has 0 radical (unpaired) electrons. The zero-order valence-electron chi connectivity index (χ0n) is 17.1. The highest BCUT2D eigenvalue weighted by Gasteiger charge is 2.21. The molecule has 0 aliphatic heterocycles. The van der Waals surface area contributed by atoms with Crippen LogP contribution in [0, 0.1) is 5.92 Å². The third kappa shape index (κ3) is 5.70. The van der Waals surface area contributed by atoms with Crippen LogP contribution in [-0.2, 0) is 22.6 Å². The monoisotopic (exact) mass is 406 g/mol. The van der Waals surface area contributed by atoms with Crippen LogP contribution in [0.3, 0.4) is 0 Å². The Morgan fingerprint density at radius 3 is 2.80 bits per heavy atom. The largest absolute Gasteiger partial charge is 0.497 e. The summed E-state index contributed by atoms with van der Waals surface area (Å²) >= 11 is 0.